The van der Waals surface area contributed by atoms with E-state index < -0.39 is 11.9 Å². The number of ether oxygens (including phenoxy) is 3. The van der Waals surface area contributed by atoms with Crippen molar-refractivity contribution < 1.29 is 23.8 Å². The number of hydrogen-bond donors (Lipinski definition) is 0. The predicted octanol–water partition coefficient (Wildman–Crippen LogP) is 8.17. The lowest BCUT2D eigenvalue weighted by Gasteiger charge is -2.08. The number of benzene rings is 3. The van der Waals surface area contributed by atoms with Crippen LogP contribution in [0.1, 0.15) is 91.0 Å². The SMILES string of the molecule is CCCCCCCCCCCOc1ccc(C(=O)Oc2ccc(C(=O)OCc3ccccc3)cc2)cc1. The summed E-state index contributed by atoms with van der Waals surface area (Å²) in [5.41, 5.74) is 1.74. The van der Waals surface area contributed by atoms with Crippen molar-refractivity contribution in [3.05, 3.63) is 95.6 Å². The van der Waals surface area contributed by atoms with Crippen LogP contribution in [-0.4, -0.2) is 18.5 Å². The Bertz CT molecular complexity index is 1060. The summed E-state index contributed by atoms with van der Waals surface area (Å²) >= 11 is 0. The van der Waals surface area contributed by atoms with E-state index in [1.807, 2.05) is 30.3 Å². The maximum absolute atomic E-state index is 12.5. The van der Waals surface area contributed by atoms with Gasteiger partial charge in [0.1, 0.15) is 18.1 Å². The Balaban J connectivity index is 1.34. The number of unbranched alkanes of at least 4 members (excludes halogenated alkanes) is 8. The number of rotatable bonds is 16. The molecule has 0 aliphatic carbocycles. The lowest BCUT2D eigenvalue weighted by molar-refractivity contribution is 0.0472. The monoisotopic (exact) mass is 502 g/mol. The van der Waals surface area contributed by atoms with Gasteiger partial charge >= 0.3 is 11.9 Å². The van der Waals surface area contributed by atoms with Crippen LogP contribution in [0, 0.1) is 0 Å². The molecule has 3 aromatic rings. The third kappa shape index (κ3) is 10.5. The van der Waals surface area contributed by atoms with Crippen LogP contribution < -0.4 is 9.47 Å². The average Bonchev–Trinajstić information content (AvgIpc) is 2.94. The van der Waals surface area contributed by atoms with Gasteiger partial charge in [0, 0.05) is 0 Å². The van der Waals surface area contributed by atoms with Gasteiger partial charge < -0.3 is 14.2 Å². The first kappa shape index (κ1) is 28.0. The normalized spacial score (nSPS) is 10.6. The Hall–Kier alpha value is -3.60. The minimum atomic E-state index is -0.468. The van der Waals surface area contributed by atoms with Crippen molar-refractivity contribution in [2.45, 2.75) is 71.3 Å². The Morgan fingerprint density at radius 3 is 1.76 bits per heavy atom. The number of esters is 2. The van der Waals surface area contributed by atoms with Gasteiger partial charge in [-0.1, -0.05) is 88.6 Å². The van der Waals surface area contributed by atoms with E-state index in [1.54, 1.807) is 48.5 Å². The van der Waals surface area contributed by atoms with Crippen molar-refractivity contribution in [2.75, 3.05) is 6.61 Å². The molecule has 5 nitrogen and oxygen atoms in total. The van der Waals surface area contributed by atoms with Gasteiger partial charge in [-0.2, -0.15) is 0 Å². The molecule has 3 rings (SSSR count). The molecule has 0 aliphatic heterocycles. The highest BCUT2D eigenvalue weighted by Gasteiger charge is 2.11. The van der Waals surface area contributed by atoms with Crippen LogP contribution in [0.2, 0.25) is 0 Å². The molecular weight excluding hydrogens is 464 g/mol. The molecular formula is C32H38O5. The molecule has 37 heavy (non-hydrogen) atoms. The molecule has 196 valence electrons. The molecule has 0 amide bonds. The van der Waals surface area contributed by atoms with Crippen molar-refractivity contribution >= 4 is 11.9 Å². The molecule has 5 heteroatoms. The number of carbonyl (C=O) groups excluding carboxylic acids is 2. The van der Waals surface area contributed by atoms with Crippen molar-refractivity contribution in [1.82, 2.24) is 0 Å². The summed E-state index contributed by atoms with van der Waals surface area (Å²) in [6, 6.07) is 22.8. The van der Waals surface area contributed by atoms with E-state index in [1.165, 1.54) is 51.4 Å². The van der Waals surface area contributed by atoms with Crippen LogP contribution >= 0.6 is 0 Å². The smallest absolute Gasteiger partial charge is 0.343 e. The van der Waals surface area contributed by atoms with E-state index >= 15 is 0 Å². The molecule has 0 atom stereocenters. The zero-order valence-corrected chi connectivity index (χ0v) is 21.8. The van der Waals surface area contributed by atoms with E-state index in [2.05, 4.69) is 6.92 Å². The summed E-state index contributed by atoms with van der Waals surface area (Å²) in [5.74, 6) is 0.203. The maximum atomic E-state index is 12.5. The number of carbonyl (C=O) groups is 2. The summed E-state index contributed by atoms with van der Waals surface area (Å²) in [7, 11) is 0. The standard InChI is InChI=1S/C32H38O5/c1-2-3-4-5-6-7-8-9-13-24-35-29-20-16-28(17-21-29)32(34)37-30-22-18-27(19-23-30)31(33)36-25-26-14-11-10-12-15-26/h10-12,14-23H,2-9,13,24-25H2,1H3. The molecule has 0 unspecified atom stereocenters. The van der Waals surface area contributed by atoms with Crippen molar-refractivity contribution in [3.63, 3.8) is 0 Å². The summed E-state index contributed by atoms with van der Waals surface area (Å²) in [4.78, 5) is 24.7. The molecule has 0 saturated carbocycles. The van der Waals surface area contributed by atoms with Crippen molar-refractivity contribution in [3.8, 4) is 11.5 Å². The lowest BCUT2D eigenvalue weighted by atomic mass is 10.1. The minimum absolute atomic E-state index is 0.204. The highest BCUT2D eigenvalue weighted by Crippen LogP contribution is 2.18. The third-order valence-electron chi connectivity index (χ3n) is 6.12. The van der Waals surface area contributed by atoms with E-state index in [9.17, 15) is 9.59 Å². The second kappa shape index (κ2) is 16.2. The quantitative estimate of drug-likeness (QED) is 0.112. The molecule has 0 N–H and O–H groups in total. The first-order valence-electron chi connectivity index (χ1n) is 13.4. The Morgan fingerprint density at radius 1 is 0.595 bits per heavy atom. The van der Waals surface area contributed by atoms with Gasteiger partial charge in [-0.15, -0.1) is 0 Å². The molecule has 0 heterocycles. The van der Waals surface area contributed by atoms with Gasteiger partial charge in [0.2, 0.25) is 0 Å². The topological polar surface area (TPSA) is 61.8 Å². The zero-order valence-electron chi connectivity index (χ0n) is 21.8. The molecule has 0 radical (unpaired) electrons. The summed E-state index contributed by atoms with van der Waals surface area (Å²) in [5, 5.41) is 0. The summed E-state index contributed by atoms with van der Waals surface area (Å²) < 4.78 is 16.6. The zero-order chi connectivity index (χ0) is 26.1. The number of hydrogen-bond acceptors (Lipinski definition) is 5. The van der Waals surface area contributed by atoms with E-state index in [4.69, 9.17) is 14.2 Å². The fourth-order valence-electron chi connectivity index (χ4n) is 3.92. The van der Waals surface area contributed by atoms with Crippen LogP contribution in [0.4, 0.5) is 0 Å². The van der Waals surface area contributed by atoms with Crippen LogP contribution in [0.3, 0.4) is 0 Å². The largest absolute Gasteiger partial charge is 0.494 e. The second-order valence-electron chi connectivity index (χ2n) is 9.18. The third-order valence-corrected chi connectivity index (χ3v) is 6.12. The van der Waals surface area contributed by atoms with E-state index in [0.717, 1.165) is 17.7 Å². The first-order chi connectivity index (χ1) is 18.2. The summed E-state index contributed by atoms with van der Waals surface area (Å²) in [6.45, 7) is 3.13. The van der Waals surface area contributed by atoms with Crippen LogP contribution in [-0.2, 0) is 11.3 Å². The van der Waals surface area contributed by atoms with Crippen LogP contribution in [0.15, 0.2) is 78.9 Å². The molecule has 0 saturated heterocycles. The molecule has 3 aromatic carbocycles. The fraction of sp³-hybridized carbons (Fsp3) is 0.375. The Morgan fingerprint density at radius 2 is 1.14 bits per heavy atom. The highest BCUT2D eigenvalue weighted by atomic mass is 16.5. The molecule has 0 bridgehead atoms. The van der Waals surface area contributed by atoms with Gasteiger partial charge in [0.05, 0.1) is 17.7 Å². The average molecular weight is 503 g/mol. The minimum Gasteiger partial charge on any atom is -0.494 e. The van der Waals surface area contributed by atoms with Gasteiger partial charge in [-0.05, 0) is 60.5 Å². The molecule has 0 spiro atoms. The molecule has 0 aliphatic rings. The summed E-state index contributed by atoms with van der Waals surface area (Å²) in [6.07, 6.45) is 11.5. The molecule has 0 fully saturated rings. The fourth-order valence-corrected chi connectivity index (χ4v) is 3.92. The van der Waals surface area contributed by atoms with Gasteiger partial charge in [-0.25, -0.2) is 9.59 Å². The second-order valence-corrected chi connectivity index (χ2v) is 9.18. The Kier molecular flexibility index (Phi) is 12.3. The van der Waals surface area contributed by atoms with Crippen molar-refractivity contribution in [2.24, 2.45) is 0 Å². The van der Waals surface area contributed by atoms with Gasteiger partial charge in [0.15, 0.2) is 0 Å². The van der Waals surface area contributed by atoms with Gasteiger partial charge in [-0.3, -0.25) is 0 Å². The maximum Gasteiger partial charge on any atom is 0.343 e. The predicted molar refractivity (Wildman–Crippen MR) is 146 cm³/mol. The van der Waals surface area contributed by atoms with E-state index in [-0.39, 0.29) is 6.61 Å². The lowest BCUT2D eigenvalue weighted by Crippen LogP contribution is -2.09. The van der Waals surface area contributed by atoms with Crippen LogP contribution in [0.5, 0.6) is 11.5 Å². The van der Waals surface area contributed by atoms with Crippen LogP contribution in [0.25, 0.3) is 0 Å². The van der Waals surface area contributed by atoms with Gasteiger partial charge in [0.25, 0.3) is 0 Å². The Labute approximate surface area is 220 Å². The molecule has 0 aromatic heterocycles. The van der Waals surface area contributed by atoms with E-state index in [0.29, 0.717) is 23.5 Å². The highest BCUT2D eigenvalue weighted by molar-refractivity contribution is 5.92. The first-order valence-corrected chi connectivity index (χ1v) is 13.4. The van der Waals surface area contributed by atoms with Crippen molar-refractivity contribution in [1.29, 1.82) is 0 Å².